The zero-order chi connectivity index (χ0) is 17.1. The Balaban J connectivity index is 1.30. The lowest BCUT2D eigenvalue weighted by molar-refractivity contribution is -0.115. The minimum Gasteiger partial charge on any atom is -0.467 e. The van der Waals surface area contributed by atoms with E-state index in [4.69, 9.17) is 9.25 Å². The lowest BCUT2D eigenvalue weighted by Crippen LogP contribution is -2.36. The Kier molecular flexibility index (Phi) is 4.23. The lowest BCUT2D eigenvalue weighted by Gasteiger charge is -2.21. The standard InChI is InChI=1S/C18H20N4O3/c23-17(20-11-15-2-1-9-24-15)16-10-18(25-21-16)5-8-22(13-18)12-14-3-6-19-7-4-14/h1-4,6-7,9H,5,8,10-13H2,(H,20,23). The number of carbonyl (C=O) groups excluding carboxylic acids is 1. The summed E-state index contributed by atoms with van der Waals surface area (Å²) >= 11 is 0. The topological polar surface area (TPSA) is 80.0 Å². The predicted octanol–water partition coefficient (Wildman–Crippen LogP) is 1.71. The molecule has 1 saturated heterocycles. The van der Waals surface area contributed by atoms with Gasteiger partial charge in [-0.2, -0.15) is 0 Å². The van der Waals surface area contributed by atoms with Crippen molar-refractivity contribution in [3.8, 4) is 0 Å². The zero-order valence-electron chi connectivity index (χ0n) is 13.9. The van der Waals surface area contributed by atoms with Crippen molar-refractivity contribution in [1.82, 2.24) is 15.2 Å². The molecule has 0 radical (unpaired) electrons. The van der Waals surface area contributed by atoms with Gasteiger partial charge in [-0.05, 0) is 29.8 Å². The van der Waals surface area contributed by atoms with Crippen LogP contribution in [0.25, 0.3) is 0 Å². The van der Waals surface area contributed by atoms with E-state index >= 15 is 0 Å². The van der Waals surface area contributed by atoms with Crippen molar-refractivity contribution < 1.29 is 14.0 Å². The molecule has 1 spiro atoms. The molecule has 4 heterocycles. The minimum atomic E-state index is -0.371. The number of nitrogens with zero attached hydrogens (tertiary/aromatic N) is 3. The van der Waals surface area contributed by atoms with E-state index in [1.165, 1.54) is 5.56 Å². The van der Waals surface area contributed by atoms with Gasteiger partial charge in [0.1, 0.15) is 11.5 Å². The number of aromatic nitrogens is 1. The van der Waals surface area contributed by atoms with Crippen LogP contribution in [0.4, 0.5) is 0 Å². The number of pyridine rings is 1. The number of hydrogen-bond donors (Lipinski definition) is 1. The number of likely N-dealkylation sites (tertiary alicyclic amines) is 1. The highest BCUT2D eigenvalue weighted by atomic mass is 16.7. The summed E-state index contributed by atoms with van der Waals surface area (Å²) in [5, 5.41) is 6.87. The number of nitrogens with one attached hydrogen (secondary N) is 1. The van der Waals surface area contributed by atoms with Gasteiger partial charge in [0, 0.05) is 44.9 Å². The van der Waals surface area contributed by atoms with Crippen molar-refractivity contribution >= 4 is 11.6 Å². The maximum absolute atomic E-state index is 12.3. The summed E-state index contributed by atoms with van der Waals surface area (Å²) < 4.78 is 5.21. The molecule has 0 saturated carbocycles. The molecule has 2 aromatic heterocycles. The Labute approximate surface area is 145 Å². The summed E-state index contributed by atoms with van der Waals surface area (Å²) in [6, 6.07) is 7.65. The summed E-state index contributed by atoms with van der Waals surface area (Å²) in [4.78, 5) is 24.3. The van der Waals surface area contributed by atoms with Crippen LogP contribution in [0.2, 0.25) is 0 Å². The van der Waals surface area contributed by atoms with Gasteiger partial charge in [-0.1, -0.05) is 5.16 Å². The van der Waals surface area contributed by atoms with E-state index in [0.717, 1.165) is 26.1 Å². The molecule has 0 aromatic carbocycles. The Bertz CT molecular complexity index is 760. The Morgan fingerprint density at radius 3 is 3.00 bits per heavy atom. The SMILES string of the molecule is O=C(NCc1ccco1)C1=NOC2(CCN(Cc3ccncc3)C2)C1. The second-order valence-electron chi connectivity index (χ2n) is 6.57. The number of oxime groups is 1. The molecule has 2 aliphatic heterocycles. The van der Waals surface area contributed by atoms with Crippen LogP contribution >= 0.6 is 0 Å². The summed E-state index contributed by atoms with van der Waals surface area (Å²) in [6.45, 7) is 2.91. The molecule has 7 nitrogen and oxygen atoms in total. The normalized spacial score (nSPS) is 22.8. The molecule has 130 valence electrons. The molecule has 25 heavy (non-hydrogen) atoms. The highest BCUT2D eigenvalue weighted by molar-refractivity contribution is 6.39. The Hall–Kier alpha value is -2.67. The minimum absolute atomic E-state index is 0.194. The van der Waals surface area contributed by atoms with E-state index in [1.54, 1.807) is 24.7 Å². The molecular formula is C18H20N4O3. The van der Waals surface area contributed by atoms with Crippen LogP contribution in [-0.2, 0) is 22.7 Å². The molecule has 1 fully saturated rings. The molecule has 1 unspecified atom stereocenters. The van der Waals surface area contributed by atoms with Gasteiger partial charge in [0.2, 0.25) is 0 Å². The predicted molar refractivity (Wildman–Crippen MR) is 90.6 cm³/mol. The van der Waals surface area contributed by atoms with Crippen LogP contribution in [0, 0.1) is 0 Å². The van der Waals surface area contributed by atoms with E-state index in [-0.39, 0.29) is 11.5 Å². The van der Waals surface area contributed by atoms with Crippen molar-refractivity contribution in [2.24, 2.45) is 5.16 Å². The Morgan fingerprint density at radius 2 is 2.20 bits per heavy atom. The molecule has 0 aliphatic carbocycles. The quantitative estimate of drug-likeness (QED) is 0.896. The monoisotopic (exact) mass is 340 g/mol. The maximum Gasteiger partial charge on any atom is 0.269 e. The van der Waals surface area contributed by atoms with Crippen LogP contribution < -0.4 is 5.32 Å². The fraction of sp³-hybridized carbons (Fsp3) is 0.389. The summed E-state index contributed by atoms with van der Waals surface area (Å²) in [5.41, 5.74) is 1.31. The fourth-order valence-electron chi connectivity index (χ4n) is 3.35. The van der Waals surface area contributed by atoms with Crippen molar-refractivity contribution in [3.05, 3.63) is 54.2 Å². The molecule has 4 rings (SSSR count). The first-order valence-electron chi connectivity index (χ1n) is 8.39. The van der Waals surface area contributed by atoms with Crippen LogP contribution in [0.5, 0.6) is 0 Å². The third kappa shape index (κ3) is 3.56. The number of hydrogen-bond acceptors (Lipinski definition) is 6. The van der Waals surface area contributed by atoms with Gasteiger partial charge in [-0.25, -0.2) is 0 Å². The highest BCUT2D eigenvalue weighted by Crippen LogP contribution is 2.34. The van der Waals surface area contributed by atoms with Crippen LogP contribution in [0.1, 0.15) is 24.2 Å². The van der Waals surface area contributed by atoms with Gasteiger partial charge in [-0.3, -0.25) is 14.7 Å². The van der Waals surface area contributed by atoms with E-state index in [1.807, 2.05) is 18.2 Å². The second-order valence-corrected chi connectivity index (χ2v) is 6.57. The molecule has 0 bridgehead atoms. The molecule has 1 N–H and O–H groups in total. The molecular weight excluding hydrogens is 320 g/mol. The van der Waals surface area contributed by atoms with Crippen LogP contribution in [0.3, 0.4) is 0 Å². The molecule has 1 amide bonds. The first-order chi connectivity index (χ1) is 12.2. The summed E-state index contributed by atoms with van der Waals surface area (Å²) in [5.74, 6) is 0.521. The van der Waals surface area contributed by atoms with E-state index in [2.05, 4.69) is 20.4 Å². The lowest BCUT2D eigenvalue weighted by atomic mass is 9.96. The van der Waals surface area contributed by atoms with Gasteiger partial charge in [0.05, 0.1) is 12.8 Å². The van der Waals surface area contributed by atoms with Crippen molar-refractivity contribution in [2.45, 2.75) is 31.5 Å². The van der Waals surface area contributed by atoms with Gasteiger partial charge in [0.15, 0.2) is 5.60 Å². The van der Waals surface area contributed by atoms with E-state index < -0.39 is 0 Å². The highest BCUT2D eigenvalue weighted by Gasteiger charge is 2.46. The van der Waals surface area contributed by atoms with E-state index in [0.29, 0.717) is 24.4 Å². The van der Waals surface area contributed by atoms with Gasteiger partial charge in [-0.15, -0.1) is 0 Å². The second kappa shape index (κ2) is 6.68. The van der Waals surface area contributed by atoms with Crippen molar-refractivity contribution in [3.63, 3.8) is 0 Å². The Morgan fingerprint density at radius 1 is 1.32 bits per heavy atom. The zero-order valence-corrected chi connectivity index (χ0v) is 13.9. The molecule has 2 aromatic rings. The largest absolute Gasteiger partial charge is 0.467 e. The first-order valence-corrected chi connectivity index (χ1v) is 8.39. The van der Waals surface area contributed by atoms with Gasteiger partial charge >= 0.3 is 0 Å². The third-order valence-electron chi connectivity index (χ3n) is 4.66. The number of furan rings is 1. The van der Waals surface area contributed by atoms with Crippen LogP contribution in [-0.4, -0.2) is 40.2 Å². The van der Waals surface area contributed by atoms with Crippen molar-refractivity contribution in [2.75, 3.05) is 13.1 Å². The average molecular weight is 340 g/mol. The fourth-order valence-corrected chi connectivity index (χ4v) is 3.35. The molecule has 7 heteroatoms. The van der Waals surface area contributed by atoms with Crippen LogP contribution in [0.15, 0.2) is 52.5 Å². The molecule has 1 atom stereocenters. The summed E-state index contributed by atoms with van der Waals surface area (Å²) in [6.07, 6.45) is 6.61. The maximum atomic E-state index is 12.3. The van der Waals surface area contributed by atoms with E-state index in [9.17, 15) is 4.79 Å². The number of carbonyl (C=O) groups is 1. The average Bonchev–Trinajstić information content (AvgIpc) is 3.37. The number of amides is 1. The van der Waals surface area contributed by atoms with Gasteiger partial charge < -0.3 is 14.6 Å². The van der Waals surface area contributed by atoms with Gasteiger partial charge in [0.25, 0.3) is 5.91 Å². The first kappa shape index (κ1) is 15.8. The summed E-state index contributed by atoms with van der Waals surface area (Å²) in [7, 11) is 0. The number of rotatable bonds is 5. The van der Waals surface area contributed by atoms with Crippen molar-refractivity contribution in [1.29, 1.82) is 0 Å². The molecule has 2 aliphatic rings. The smallest absolute Gasteiger partial charge is 0.269 e. The third-order valence-corrected chi connectivity index (χ3v) is 4.66.